The van der Waals surface area contributed by atoms with Gasteiger partial charge in [0.25, 0.3) is 0 Å². The Morgan fingerprint density at radius 3 is 3.14 bits per heavy atom. The molecule has 0 aliphatic heterocycles. The van der Waals surface area contributed by atoms with E-state index >= 15 is 0 Å². The zero-order valence-corrected chi connectivity index (χ0v) is 8.84. The van der Waals surface area contributed by atoms with Gasteiger partial charge in [-0.15, -0.1) is 0 Å². The van der Waals surface area contributed by atoms with Gasteiger partial charge >= 0.3 is 0 Å². The van der Waals surface area contributed by atoms with Crippen LogP contribution in [-0.2, 0) is 6.54 Å². The van der Waals surface area contributed by atoms with Crippen molar-refractivity contribution in [2.75, 3.05) is 13.7 Å². The second kappa shape index (κ2) is 5.62. The Morgan fingerprint density at radius 1 is 1.71 bits per heavy atom. The smallest absolute Gasteiger partial charge is 0.213 e. The molecule has 0 aliphatic carbocycles. The highest BCUT2D eigenvalue weighted by Crippen LogP contribution is 2.08. The van der Waals surface area contributed by atoms with Crippen molar-refractivity contribution in [3.63, 3.8) is 0 Å². The minimum atomic E-state index is 0.603. The number of halogens is 1. The molecule has 0 amide bonds. The van der Waals surface area contributed by atoms with Gasteiger partial charge in [-0.2, -0.15) is 0 Å². The number of hydrogen-bond donors (Lipinski definition) is 1. The Hall–Kier alpha value is -1.06. The van der Waals surface area contributed by atoms with Crippen molar-refractivity contribution in [2.24, 2.45) is 0 Å². The number of nitrogens with zero attached hydrogens (tertiary/aromatic N) is 1. The van der Waals surface area contributed by atoms with Gasteiger partial charge in [-0.05, 0) is 11.6 Å². The molecule has 0 saturated carbocycles. The SMILES string of the molecule is C=C(Cl)CNCc1ccnc(OC)c1. The number of ether oxygens (including phenoxy) is 1. The monoisotopic (exact) mass is 212 g/mol. The van der Waals surface area contributed by atoms with Crippen molar-refractivity contribution < 1.29 is 4.74 Å². The van der Waals surface area contributed by atoms with Crippen LogP contribution in [0.2, 0.25) is 0 Å². The van der Waals surface area contributed by atoms with Gasteiger partial charge < -0.3 is 10.1 Å². The molecule has 4 heteroatoms. The summed E-state index contributed by atoms with van der Waals surface area (Å²) in [5, 5.41) is 3.74. The molecule has 0 aromatic carbocycles. The van der Waals surface area contributed by atoms with E-state index in [9.17, 15) is 0 Å². The summed E-state index contributed by atoms with van der Waals surface area (Å²) < 4.78 is 5.00. The lowest BCUT2D eigenvalue weighted by atomic mass is 10.2. The third kappa shape index (κ3) is 3.77. The van der Waals surface area contributed by atoms with Gasteiger partial charge in [0, 0.05) is 30.4 Å². The van der Waals surface area contributed by atoms with Crippen LogP contribution < -0.4 is 10.1 Å². The average molecular weight is 213 g/mol. The summed E-state index contributed by atoms with van der Waals surface area (Å²) >= 11 is 5.61. The number of aromatic nitrogens is 1. The highest BCUT2D eigenvalue weighted by molar-refractivity contribution is 6.29. The fourth-order valence-electron chi connectivity index (χ4n) is 1.01. The lowest BCUT2D eigenvalue weighted by Crippen LogP contribution is -2.14. The molecule has 0 radical (unpaired) electrons. The van der Waals surface area contributed by atoms with Gasteiger partial charge in [-0.3, -0.25) is 0 Å². The third-order valence-electron chi connectivity index (χ3n) is 1.65. The molecule has 1 N–H and O–H groups in total. The van der Waals surface area contributed by atoms with Crippen molar-refractivity contribution in [2.45, 2.75) is 6.54 Å². The van der Waals surface area contributed by atoms with Gasteiger partial charge in [0.15, 0.2) is 0 Å². The molecule has 1 heterocycles. The van der Waals surface area contributed by atoms with Gasteiger partial charge in [0.05, 0.1) is 7.11 Å². The lowest BCUT2D eigenvalue weighted by molar-refractivity contribution is 0.397. The zero-order valence-electron chi connectivity index (χ0n) is 8.09. The highest BCUT2D eigenvalue weighted by atomic mass is 35.5. The molecule has 14 heavy (non-hydrogen) atoms. The van der Waals surface area contributed by atoms with E-state index in [4.69, 9.17) is 16.3 Å². The van der Waals surface area contributed by atoms with E-state index in [1.54, 1.807) is 13.3 Å². The number of hydrogen-bond acceptors (Lipinski definition) is 3. The Balaban J connectivity index is 2.46. The first-order valence-corrected chi connectivity index (χ1v) is 4.63. The van der Waals surface area contributed by atoms with E-state index in [0.29, 0.717) is 17.5 Å². The van der Waals surface area contributed by atoms with E-state index in [0.717, 1.165) is 12.1 Å². The number of methoxy groups -OCH3 is 1. The summed E-state index contributed by atoms with van der Waals surface area (Å²) in [7, 11) is 1.60. The predicted octanol–water partition coefficient (Wildman–Crippen LogP) is 1.93. The summed E-state index contributed by atoms with van der Waals surface area (Å²) in [4.78, 5) is 4.01. The number of rotatable bonds is 5. The van der Waals surface area contributed by atoms with Crippen LogP contribution in [0.5, 0.6) is 5.88 Å². The molecule has 0 aliphatic rings. The first-order chi connectivity index (χ1) is 6.72. The van der Waals surface area contributed by atoms with Crippen LogP contribution in [0.25, 0.3) is 0 Å². The van der Waals surface area contributed by atoms with Crippen LogP contribution in [0.15, 0.2) is 29.9 Å². The van der Waals surface area contributed by atoms with E-state index in [2.05, 4.69) is 16.9 Å². The van der Waals surface area contributed by atoms with Gasteiger partial charge in [-0.25, -0.2) is 4.98 Å². The largest absolute Gasteiger partial charge is 0.481 e. The second-order valence-corrected chi connectivity index (χ2v) is 3.36. The first kappa shape index (κ1) is 11.0. The maximum absolute atomic E-state index is 5.61. The topological polar surface area (TPSA) is 34.2 Å². The fourth-order valence-corrected chi connectivity index (χ4v) is 1.11. The number of pyridine rings is 1. The summed E-state index contributed by atoms with van der Waals surface area (Å²) in [6.07, 6.45) is 1.71. The average Bonchev–Trinajstić information content (AvgIpc) is 2.18. The molecular weight excluding hydrogens is 200 g/mol. The highest BCUT2D eigenvalue weighted by Gasteiger charge is 1.96. The molecule has 0 saturated heterocycles. The maximum Gasteiger partial charge on any atom is 0.213 e. The summed E-state index contributed by atoms with van der Waals surface area (Å²) in [6, 6.07) is 3.80. The summed E-state index contributed by atoms with van der Waals surface area (Å²) in [5.74, 6) is 0.619. The van der Waals surface area contributed by atoms with Gasteiger partial charge in [0.2, 0.25) is 5.88 Å². The van der Waals surface area contributed by atoms with E-state index < -0.39 is 0 Å². The maximum atomic E-state index is 5.61. The van der Waals surface area contributed by atoms with Crippen molar-refractivity contribution >= 4 is 11.6 Å². The fraction of sp³-hybridized carbons (Fsp3) is 0.300. The van der Waals surface area contributed by atoms with Crippen LogP contribution >= 0.6 is 11.6 Å². The van der Waals surface area contributed by atoms with Crippen LogP contribution in [0, 0.1) is 0 Å². The molecule has 0 bridgehead atoms. The minimum Gasteiger partial charge on any atom is -0.481 e. The molecule has 1 aromatic heterocycles. The Labute approximate surface area is 88.8 Å². The Morgan fingerprint density at radius 2 is 2.50 bits per heavy atom. The molecule has 0 unspecified atom stereocenters. The third-order valence-corrected chi connectivity index (χ3v) is 1.79. The summed E-state index contributed by atoms with van der Waals surface area (Å²) in [5.41, 5.74) is 1.11. The minimum absolute atomic E-state index is 0.603. The van der Waals surface area contributed by atoms with Crippen LogP contribution in [0.1, 0.15) is 5.56 Å². The molecule has 0 atom stereocenters. The van der Waals surface area contributed by atoms with Crippen molar-refractivity contribution in [3.05, 3.63) is 35.5 Å². The van der Waals surface area contributed by atoms with Crippen LogP contribution in [0.4, 0.5) is 0 Å². The summed E-state index contributed by atoms with van der Waals surface area (Å²) in [6.45, 7) is 4.92. The van der Waals surface area contributed by atoms with Crippen molar-refractivity contribution in [1.29, 1.82) is 0 Å². The molecule has 76 valence electrons. The number of nitrogens with one attached hydrogen (secondary N) is 1. The molecule has 1 rings (SSSR count). The quantitative estimate of drug-likeness (QED) is 0.810. The zero-order chi connectivity index (χ0) is 10.4. The van der Waals surface area contributed by atoms with Gasteiger partial charge in [0.1, 0.15) is 0 Å². The van der Waals surface area contributed by atoms with E-state index in [1.165, 1.54) is 0 Å². The Kier molecular flexibility index (Phi) is 4.43. The second-order valence-electron chi connectivity index (χ2n) is 2.83. The van der Waals surface area contributed by atoms with Crippen molar-refractivity contribution in [3.8, 4) is 5.88 Å². The normalized spacial score (nSPS) is 9.86. The van der Waals surface area contributed by atoms with Gasteiger partial charge in [-0.1, -0.05) is 18.2 Å². The lowest BCUT2D eigenvalue weighted by Gasteiger charge is -2.04. The van der Waals surface area contributed by atoms with Crippen LogP contribution in [-0.4, -0.2) is 18.6 Å². The molecule has 3 nitrogen and oxygen atoms in total. The van der Waals surface area contributed by atoms with E-state index in [-0.39, 0.29) is 0 Å². The van der Waals surface area contributed by atoms with Crippen LogP contribution in [0.3, 0.4) is 0 Å². The molecule has 0 fully saturated rings. The molecule has 1 aromatic rings. The molecule has 0 spiro atoms. The standard InChI is InChI=1S/C10H13ClN2O/c1-8(11)6-12-7-9-3-4-13-10(5-9)14-2/h3-5,12H,1,6-7H2,2H3. The molecular formula is C10H13ClN2O. The first-order valence-electron chi connectivity index (χ1n) is 4.25. The Bertz CT molecular complexity index is 315. The predicted molar refractivity (Wildman–Crippen MR) is 57.5 cm³/mol. The van der Waals surface area contributed by atoms with E-state index in [1.807, 2.05) is 12.1 Å². The van der Waals surface area contributed by atoms with Crippen molar-refractivity contribution in [1.82, 2.24) is 10.3 Å².